The monoisotopic (exact) mass is 157 g/mol. The molecule has 0 aliphatic carbocycles. The molecule has 0 aromatic carbocycles. The Bertz CT molecular complexity index is 104. The first-order valence-electron chi connectivity index (χ1n) is 4.53. The number of hydrogen-bond donors (Lipinski definition) is 0. The van der Waals surface area contributed by atoms with E-state index < -0.39 is 0 Å². The maximum Gasteiger partial charge on any atom is 0.0699 e. The van der Waals surface area contributed by atoms with E-state index >= 15 is 0 Å². The van der Waals surface area contributed by atoms with Gasteiger partial charge in [-0.25, -0.2) is 0 Å². The van der Waals surface area contributed by atoms with E-state index in [1.54, 1.807) is 0 Å². The lowest BCUT2D eigenvalue weighted by atomic mass is 10.1. The maximum absolute atomic E-state index is 5.62. The summed E-state index contributed by atoms with van der Waals surface area (Å²) in [5, 5.41) is 0. The van der Waals surface area contributed by atoms with Gasteiger partial charge in [0.25, 0.3) is 0 Å². The van der Waals surface area contributed by atoms with Crippen LogP contribution in [0.2, 0.25) is 0 Å². The summed E-state index contributed by atoms with van der Waals surface area (Å²) in [6.07, 6.45) is 2.87. The topological polar surface area (TPSA) is 12.5 Å². The van der Waals surface area contributed by atoms with E-state index in [1.807, 2.05) is 0 Å². The third-order valence-corrected chi connectivity index (χ3v) is 2.66. The molecule has 0 bridgehead atoms. The first-order valence-corrected chi connectivity index (χ1v) is 4.53. The first kappa shape index (κ1) is 9.01. The highest BCUT2D eigenvalue weighted by Gasteiger charge is 2.18. The quantitative estimate of drug-likeness (QED) is 0.528. The Kier molecular flexibility index (Phi) is 3.34. The number of ether oxygens (including phenoxy) is 1. The molecular weight excluding hydrogens is 138 g/mol. The van der Waals surface area contributed by atoms with Gasteiger partial charge in [0.2, 0.25) is 0 Å². The molecule has 0 N–H and O–H groups in total. The van der Waals surface area contributed by atoms with Crippen LogP contribution < -0.4 is 0 Å². The summed E-state index contributed by atoms with van der Waals surface area (Å²) in [4.78, 5) is 2.38. The van der Waals surface area contributed by atoms with Crippen molar-refractivity contribution >= 4 is 0 Å². The Hall–Kier alpha value is -0.0800. The van der Waals surface area contributed by atoms with Crippen molar-refractivity contribution in [2.75, 3.05) is 20.2 Å². The van der Waals surface area contributed by atoms with Crippen LogP contribution in [0.15, 0.2) is 0 Å². The van der Waals surface area contributed by atoms with Crippen molar-refractivity contribution < 1.29 is 4.74 Å². The van der Waals surface area contributed by atoms with Gasteiger partial charge < -0.3 is 9.64 Å². The lowest BCUT2D eigenvalue weighted by Crippen LogP contribution is -2.41. The third kappa shape index (κ3) is 2.46. The molecular formula is C9H19NO. The third-order valence-electron chi connectivity index (χ3n) is 2.66. The molecule has 66 valence electrons. The summed E-state index contributed by atoms with van der Waals surface area (Å²) >= 11 is 0. The smallest absolute Gasteiger partial charge is 0.0699 e. The SMILES string of the molecule is CC1OCCCCN(C)C1C. The number of nitrogens with zero attached hydrogens (tertiary/aromatic N) is 1. The molecule has 0 amide bonds. The molecule has 1 fully saturated rings. The standard InChI is InChI=1S/C9H19NO/c1-8-9(2)11-7-5-4-6-10(8)3/h8-9H,4-7H2,1-3H3. The fraction of sp³-hybridized carbons (Fsp3) is 1.00. The number of hydrogen-bond acceptors (Lipinski definition) is 2. The summed E-state index contributed by atoms with van der Waals surface area (Å²) in [5.74, 6) is 0. The van der Waals surface area contributed by atoms with Gasteiger partial charge in [-0.2, -0.15) is 0 Å². The van der Waals surface area contributed by atoms with Crippen LogP contribution >= 0.6 is 0 Å². The molecule has 0 radical (unpaired) electrons. The van der Waals surface area contributed by atoms with Gasteiger partial charge in [0, 0.05) is 12.6 Å². The van der Waals surface area contributed by atoms with Crippen molar-refractivity contribution in [2.24, 2.45) is 0 Å². The lowest BCUT2D eigenvalue weighted by molar-refractivity contribution is -0.00643. The minimum Gasteiger partial charge on any atom is -0.377 e. The molecule has 2 heteroatoms. The summed E-state index contributed by atoms with van der Waals surface area (Å²) < 4.78 is 5.62. The molecule has 1 aliphatic rings. The maximum atomic E-state index is 5.62. The average molecular weight is 157 g/mol. The van der Waals surface area contributed by atoms with Crippen molar-refractivity contribution in [3.05, 3.63) is 0 Å². The zero-order valence-corrected chi connectivity index (χ0v) is 7.84. The molecule has 0 saturated carbocycles. The Labute approximate surface area is 69.5 Å². The van der Waals surface area contributed by atoms with Crippen LogP contribution in [0.4, 0.5) is 0 Å². The van der Waals surface area contributed by atoms with E-state index in [2.05, 4.69) is 25.8 Å². The van der Waals surface area contributed by atoms with E-state index in [0.29, 0.717) is 12.1 Å². The van der Waals surface area contributed by atoms with Gasteiger partial charge in [-0.3, -0.25) is 0 Å². The lowest BCUT2D eigenvalue weighted by Gasteiger charge is -2.32. The Morgan fingerprint density at radius 3 is 2.73 bits per heavy atom. The molecule has 0 aromatic rings. The van der Waals surface area contributed by atoms with Crippen LogP contribution in [0.5, 0.6) is 0 Å². The fourth-order valence-corrected chi connectivity index (χ4v) is 1.43. The van der Waals surface area contributed by atoms with Crippen molar-refractivity contribution in [2.45, 2.75) is 38.8 Å². The highest BCUT2D eigenvalue weighted by atomic mass is 16.5. The fourth-order valence-electron chi connectivity index (χ4n) is 1.43. The van der Waals surface area contributed by atoms with E-state index in [1.165, 1.54) is 19.4 Å². The number of rotatable bonds is 0. The van der Waals surface area contributed by atoms with Gasteiger partial charge in [-0.1, -0.05) is 0 Å². The van der Waals surface area contributed by atoms with Crippen LogP contribution in [-0.2, 0) is 4.74 Å². The molecule has 1 saturated heterocycles. The largest absolute Gasteiger partial charge is 0.377 e. The normalized spacial score (nSPS) is 36.3. The molecule has 2 unspecified atom stereocenters. The second kappa shape index (κ2) is 4.07. The summed E-state index contributed by atoms with van der Waals surface area (Å²) in [6, 6.07) is 0.565. The predicted molar refractivity (Wildman–Crippen MR) is 46.7 cm³/mol. The molecule has 0 spiro atoms. The Morgan fingerprint density at radius 2 is 2.00 bits per heavy atom. The van der Waals surface area contributed by atoms with Gasteiger partial charge in [-0.05, 0) is 40.3 Å². The molecule has 11 heavy (non-hydrogen) atoms. The highest BCUT2D eigenvalue weighted by molar-refractivity contribution is 4.72. The summed E-state index contributed by atoms with van der Waals surface area (Å²) in [5.41, 5.74) is 0. The first-order chi connectivity index (χ1) is 5.22. The van der Waals surface area contributed by atoms with E-state index in [-0.39, 0.29) is 0 Å². The van der Waals surface area contributed by atoms with Crippen molar-refractivity contribution in [3.63, 3.8) is 0 Å². The van der Waals surface area contributed by atoms with Gasteiger partial charge in [0.05, 0.1) is 6.10 Å². The number of likely N-dealkylation sites (N-methyl/N-ethyl adjacent to an activating group) is 1. The van der Waals surface area contributed by atoms with E-state index in [9.17, 15) is 0 Å². The van der Waals surface area contributed by atoms with Crippen molar-refractivity contribution in [3.8, 4) is 0 Å². The average Bonchev–Trinajstić information content (AvgIpc) is 2.00. The molecule has 2 atom stereocenters. The molecule has 2 nitrogen and oxygen atoms in total. The highest BCUT2D eigenvalue weighted by Crippen LogP contribution is 2.10. The zero-order chi connectivity index (χ0) is 8.27. The second-order valence-electron chi connectivity index (χ2n) is 3.50. The molecule has 1 heterocycles. The molecule has 1 aliphatic heterocycles. The van der Waals surface area contributed by atoms with Gasteiger partial charge in [0.1, 0.15) is 0 Å². The minimum atomic E-state index is 0.389. The minimum absolute atomic E-state index is 0.389. The van der Waals surface area contributed by atoms with Gasteiger partial charge in [0.15, 0.2) is 0 Å². The van der Waals surface area contributed by atoms with Crippen molar-refractivity contribution in [1.29, 1.82) is 0 Å². The van der Waals surface area contributed by atoms with Crippen LogP contribution in [0.1, 0.15) is 26.7 Å². The van der Waals surface area contributed by atoms with E-state index in [0.717, 1.165) is 6.61 Å². The second-order valence-corrected chi connectivity index (χ2v) is 3.50. The zero-order valence-electron chi connectivity index (χ0n) is 7.84. The molecule has 1 rings (SSSR count). The van der Waals surface area contributed by atoms with Gasteiger partial charge >= 0.3 is 0 Å². The van der Waals surface area contributed by atoms with Crippen LogP contribution in [-0.4, -0.2) is 37.2 Å². The van der Waals surface area contributed by atoms with E-state index in [4.69, 9.17) is 4.74 Å². The summed E-state index contributed by atoms with van der Waals surface area (Å²) in [7, 11) is 2.18. The van der Waals surface area contributed by atoms with Crippen LogP contribution in [0.25, 0.3) is 0 Å². The van der Waals surface area contributed by atoms with Crippen molar-refractivity contribution in [1.82, 2.24) is 4.90 Å². The summed E-state index contributed by atoms with van der Waals surface area (Å²) in [6.45, 7) is 6.55. The Morgan fingerprint density at radius 1 is 1.27 bits per heavy atom. The van der Waals surface area contributed by atoms with Gasteiger partial charge in [-0.15, -0.1) is 0 Å². The molecule has 0 aromatic heterocycles. The van der Waals surface area contributed by atoms with Crippen LogP contribution in [0.3, 0.4) is 0 Å². The predicted octanol–water partition coefficient (Wildman–Crippen LogP) is 1.51. The Balaban J connectivity index is 2.42. The van der Waals surface area contributed by atoms with Crippen LogP contribution in [0, 0.1) is 0 Å².